The van der Waals surface area contributed by atoms with Crippen molar-refractivity contribution in [3.63, 3.8) is 0 Å². The Morgan fingerprint density at radius 2 is 2.05 bits per heavy atom. The Hall–Kier alpha value is -1.18. The number of hydrogen-bond acceptors (Lipinski definition) is 5. The Morgan fingerprint density at radius 1 is 1.29 bits per heavy atom. The number of ether oxygens (including phenoxy) is 2. The second kappa shape index (κ2) is 8.96. The van der Waals surface area contributed by atoms with Crippen LogP contribution in [0.15, 0.2) is 18.2 Å². The van der Waals surface area contributed by atoms with Gasteiger partial charge in [0.05, 0.1) is 12.4 Å². The molecule has 1 N–H and O–H groups in total. The maximum absolute atomic E-state index is 13.8. The van der Waals surface area contributed by atoms with Crippen LogP contribution >= 0.6 is 0 Å². The Balaban J connectivity index is 2.63. The number of nitrogens with one attached hydrogen (secondary N) is 1. The van der Waals surface area contributed by atoms with Crippen LogP contribution in [0.1, 0.15) is 12.5 Å². The van der Waals surface area contributed by atoms with E-state index in [1.807, 2.05) is 0 Å². The Morgan fingerprint density at radius 3 is 2.71 bits per heavy atom. The molecule has 0 bridgehead atoms. The highest BCUT2D eigenvalue weighted by Gasteiger charge is 2.12. The highest BCUT2D eigenvalue weighted by atomic mass is 32.2. The first-order valence-corrected chi connectivity index (χ1v) is 8.62. The monoisotopic (exact) mass is 319 g/mol. The zero-order valence-corrected chi connectivity index (χ0v) is 13.2. The predicted octanol–water partition coefficient (Wildman–Crippen LogP) is 1.38. The Labute approximate surface area is 125 Å². The van der Waals surface area contributed by atoms with Crippen molar-refractivity contribution in [3.8, 4) is 5.75 Å². The van der Waals surface area contributed by atoms with Crippen molar-refractivity contribution in [3.05, 3.63) is 29.6 Å². The van der Waals surface area contributed by atoms with E-state index in [1.165, 1.54) is 6.07 Å². The summed E-state index contributed by atoms with van der Waals surface area (Å²) in [7, 11) is -1.52. The van der Waals surface area contributed by atoms with E-state index >= 15 is 0 Å². The van der Waals surface area contributed by atoms with Crippen LogP contribution in [0.3, 0.4) is 0 Å². The second-order valence-electron chi connectivity index (χ2n) is 4.48. The largest absolute Gasteiger partial charge is 0.489 e. The fourth-order valence-corrected chi connectivity index (χ4v) is 2.29. The third-order valence-corrected chi connectivity index (χ3v) is 4.60. The van der Waals surface area contributed by atoms with Crippen molar-refractivity contribution in [1.29, 1.82) is 0 Å². The summed E-state index contributed by atoms with van der Waals surface area (Å²) < 4.78 is 46.9. The molecule has 0 heterocycles. The molecule has 1 rings (SSSR count). The molecule has 0 saturated carbocycles. The van der Waals surface area contributed by atoms with Crippen molar-refractivity contribution in [2.24, 2.45) is 0 Å². The van der Waals surface area contributed by atoms with Gasteiger partial charge in [-0.2, -0.15) is 0 Å². The van der Waals surface area contributed by atoms with Crippen LogP contribution < -0.4 is 10.1 Å². The van der Waals surface area contributed by atoms with Gasteiger partial charge < -0.3 is 14.8 Å². The summed E-state index contributed by atoms with van der Waals surface area (Å²) in [5, 5.41) is 3.10. The zero-order chi connectivity index (χ0) is 15.7. The van der Waals surface area contributed by atoms with Crippen molar-refractivity contribution in [2.75, 3.05) is 38.4 Å². The van der Waals surface area contributed by atoms with E-state index in [1.54, 1.807) is 26.2 Å². The number of methoxy groups -OCH3 is 1. The molecule has 0 unspecified atom stereocenters. The molecule has 0 atom stereocenters. The Kier molecular flexibility index (Phi) is 7.63. The van der Waals surface area contributed by atoms with Crippen LogP contribution in [0.5, 0.6) is 5.75 Å². The summed E-state index contributed by atoms with van der Waals surface area (Å²) in [5.74, 6) is -0.448. The molecule has 0 spiro atoms. The minimum Gasteiger partial charge on any atom is -0.489 e. The van der Waals surface area contributed by atoms with E-state index in [0.717, 1.165) is 0 Å². The quantitative estimate of drug-likeness (QED) is 0.660. The summed E-state index contributed by atoms with van der Waals surface area (Å²) in [4.78, 5) is 0. The van der Waals surface area contributed by atoms with E-state index in [4.69, 9.17) is 9.47 Å². The molecule has 0 fully saturated rings. The molecule has 0 amide bonds. The topological polar surface area (TPSA) is 64.6 Å². The van der Waals surface area contributed by atoms with E-state index in [-0.39, 0.29) is 23.9 Å². The van der Waals surface area contributed by atoms with E-state index in [0.29, 0.717) is 25.3 Å². The SMILES string of the molecule is CCS(=O)(=O)CCOc1c(F)cccc1CNCCOC. The number of sulfone groups is 1. The molecule has 7 heteroatoms. The average Bonchev–Trinajstić information content (AvgIpc) is 2.46. The fraction of sp³-hybridized carbons (Fsp3) is 0.571. The van der Waals surface area contributed by atoms with Crippen LogP contribution in [0.2, 0.25) is 0 Å². The molecule has 0 radical (unpaired) electrons. The van der Waals surface area contributed by atoms with E-state index in [9.17, 15) is 12.8 Å². The third kappa shape index (κ3) is 6.41. The molecule has 0 saturated heterocycles. The lowest BCUT2D eigenvalue weighted by molar-refractivity contribution is 0.199. The van der Waals surface area contributed by atoms with Gasteiger partial charge in [0.1, 0.15) is 6.61 Å². The van der Waals surface area contributed by atoms with Gasteiger partial charge in [0.15, 0.2) is 21.4 Å². The maximum Gasteiger partial charge on any atom is 0.165 e. The van der Waals surface area contributed by atoms with E-state index in [2.05, 4.69) is 5.32 Å². The molecule has 0 aliphatic heterocycles. The lowest BCUT2D eigenvalue weighted by Crippen LogP contribution is -2.20. The molecule has 5 nitrogen and oxygen atoms in total. The first-order valence-electron chi connectivity index (χ1n) is 6.80. The predicted molar refractivity (Wildman–Crippen MR) is 79.8 cm³/mol. The Bertz CT molecular complexity index is 534. The van der Waals surface area contributed by atoms with Gasteiger partial charge in [0.25, 0.3) is 0 Å². The number of benzene rings is 1. The van der Waals surface area contributed by atoms with Gasteiger partial charge in [0, 0.05) is 31.5 Å². The second-order valence-corrected chi connectivity index (χ2v) is 6.96. The number of rotatable bonds is 10. The van der Waals surface area contributed by atoms with Crippen molar-refractivity contribution in [1.82, 2.24) is 5.32 Å². The van der Waals surface area contributed by atoms with Crippen LogP contribution in [-0.2, 0) is 21.1 Å². The summed E-state index contributed by atoms with van der Waals surface area (Å²) >= 11 is 0. The molecule has 1 aromatic carbocycles. The molecular weight excluding hydrogens is 297 g/mol. The fourth-order valence-electron chi connectivity index (χ4n) is 1.67. The van der Waals surface area contributed by atoms with Crippen LogP contribution in [0, 0.1) is 5.82 Å². The highest BCUT2D eigenvalue weighted by molar-refractivity contribution is 7.91. The molecule has 0 aromatic heterocycles. The summed E-state index contributed by atoms with van der Waals surface area (Å²) in [6, 6.07) is 4.63. The van der Waals surface area contributed by atoms with Gasteiger partial charge in [-0.25, -0.2) is 12.8 Å². The molecule has 0 aliphatic carbocycles. The first-order chi connectivity index (χ1) is 10.00. The van der Waals surface area contributed by atoms with Gasteiger partial charge in [-0.3, -0.25) is 0 Å². The summed E-state index contributed by atoms with van der Waals surface area (Å²) in [6.07, 6.45) is 0. The van der Waals surface area contributed by atoms with Gasteiger partial charge in [-0.15, -0.1) is 0 Å². The van der Waals surface area contributed by atoms with Gasteiger partial charge in [0.2, 0.25) is 0 Å². The first kappa shape index (κ1) is 17.9. The summed E-state index contributed by atoms with van der Waals surface area (Å²) in [6.45, 7) is 3.14. The summed E-state index contributed by atoms with van der Waals surface area (Å²) in [5.41, 5.74) is 0.653. The minimum absolute atomic E-state index is 0.0534. The lowest BCUT2D eigenvalue weighted by atomic mass is 10.2. The van der Waals surface area contributed by atoms with E-state index < -0.39 is 15.7 Å². The smallest absolute Gasteiger partial charge is 0.165 e. The number of halogens is 1. The average molecular weight is 319 g/mol. The van der Waals surface area contributed by atoms with Gasteiger partial charge in [-0.1, -0.05) is 19.1 Å². The zero-order valence-electron chi connectivity index (χ0n) is 12.4. The molecule has 1 aromatic rings. The normalized spacial score (nSPS) is 11.6. The number of para-hydroxylation sites is 1. The standard InChI is InChI=1S/C14H22FNO4S/c1-3-21(17,18)10-9-20-14-12(5-4-6-13(14)15)11-16-7-8-19-2/h4-6,16H,3,7-11H2,1-2H3. The van der Waals surface area contributed by atoms with Gasteiger partial charge >= 0.3 is 0 Å². The van der Waals surface area contributed by atoms with Crippen molar-refractivity contribution < 1.29 is 22.3 Å². The minimum atomic E-state index is -3.12. The third-order valence-electron chi connectivity index (χ3n) is 2.93. The van der Waals surface area contributed by atoms with Crippen LogP contribution in [-0.4, -0.2) is 46.8 Å². The van der Waals surface area contributed by atoms with Gasteiger partial charge in [-0.05, 0) is 6.07 Å². The molecule has 21 heavy (non-hydrogen) atoms. The molecule has 120 valence electrons. The molecular formula is C14H22FNO4S. The van der Waals surface area contributed by atoms with Crippen LogP contribution in [0.4, 0.5) is 4.39 Å². The van der Waals surface area contributed by atoms with Crippen molar-refractivity contribution >= 4 is 9.84 Å². The number of hydrogen-bond donors (Lipinski definition) is 1. The van der Waals surface area contributed by atoms with Crippen LogP contribution in [0.25, 0.3) is 0 Å². The van der Waals surface area contributed by atoms with Crippen molar-refractivity contribution in [2.45, 2.75) is 13.5 Å². The maximum atomic E-state index is 13.8. The molecule has 0 aliphatic rings. The lowest BCUT2D eigenvalue weighted by Gasteiger charge is -2.13. The highest BCUT2D eigenvalue weighted by Crippen LogP contribution is 2.22.